The Balaban J connectivity index is 2.08. The molecule has 0 saturated heterocycles. The molecule has 0 saturated carbocycles. The number of benzene rings is 3. The molecule has 1 heterocycles. The fourth-order valence-electron chi connectivity index (χ4n) is 3.80. The predicted octanol–water partition coefficient (Wildman–Crippen LogP) is 6.11. The Labute approximate surface area is 174 Å². The largest absolute Gasteiger partial charge is 0.452 e. The molecule has 0 aliphatic heterocycles. The molecule has 0 radical (unpaired) electrons. The number of carbonyl (C=O) groups excluding carboxylic acids is 1. The van der Waals surface area contributed by atoms with Gasteiger partial charge in [-0.05, 0) is 35.0 Å². The van der Waals surface area contributed by atoms with Crippen molar-refractivity contribution in [2.75, 3.05) is 12.5 Å². The molecule has 30 heavy (non-hydrogen) atoms. The summed E-state index contributed by atoms with van der Waals surface area (Å²) in [5, 5.41) is 2.82. The number of aromatic amines is 1. The normalized spacial score (nSPS) is 11.6. The fourth-order valence-corrected chi connectivity index (χ4v) is 3.80. The molecule has 4 rings (SSSR count). The molecule has 0 fully saturated rings. The second-order valence-electron chi connectivity index (χ2n) is 8.27. The molecule has 0 aliphatic carbocycles. The number of methoxy groups -OCH3 is 1. The fraction of sp³-hybridized carbons (Fsp3) is 0.208. The zero-order valence-electron chi connectivity index (χ0n) is 17.4. The summed E-state index contributed by atoms with van der Waals surface area (Å²) in [4.78, 5) is 15.2. The van der Waals surface area contributed by atoms with E-state index < -0.39 is 6.09 Å². The van der Waals surface area contributed by atoms with Crippen molar-refractivity contribution in [3.8, 4) is 11.1 Å². The first-order valence-electron chi connectivity index (χ1n) is 9.73. The Morgan fingerprint density at radius 2 is 1.77 bits per heavy atom. The van der Waals surface area contributed by atoms with Crippen LogP contribution < -0.4 is 10.9 Å². The van der Waals surface area contributed by atoms with E-state index >= 15 is 0 Å². The van der Waals surface area contributed by atoms with Gasteiger partial charge in [0.05, 0.1) is 12.8 Å². The van der Waals surface area contributed by atoms with Gasteiger partial charge in [0.25, 0.3) is 0 Å². The number of hydrogen-bond acceptors (Lipinski definition) is 3. The number of rotatable bonds is 3. The van der Waals surface area contributed by atoms with Crippen LogP contribution in [0.2, 0.25) is 0 Å². The number of anilines is 1. The molecule has 1 amide bonds. The molecule has 3 N–H and O–H groups in total. The third-order valence-corrected chi connectivity index (χ3v) is 5.17. The minimum Gasteiger partial charge on any atom is -0.452 e. The van der Waals surface area contributed by atoms with Crippen LogP contribution in [0.4, 0.5) is 14.9 Å². The Morgan fingerprint density at radius 3 is 2.50 bits per heavy atom. The number of fused-ring (bicyclic) bond motifs is 2. The average Bonchev–Trinajstić information content (AvgIpc) is 3.10. The molecule has 0 bridgehead atoms. The highest BCUT2D eigenvalue weighted by atomic mass is 19.1. The van der Waals surface area contributed by atoms with Crippen molar-refractivity contribution < 1.29 is 13.9 Å². The van der Waals surface area contributed by atoms with E-state index in [1.165, 1.54) is 13.2 Å². The summed E-state index contributed by atoms with van der Waals surface area (Å²) in [6.07, 6.45) is -0.602. The van der Waals surface area contributed by atoms with E-state index in [1.54, 1.807) is 12.1 Å². The van der Waals surface area contributed by atoms with Crippen molar-refractivity contribution >= 4 is 33.5 Å². The Bertz CT molecular complexity index is 1250. The summed E-state index contributed by atoms with van der Waals surface area (Å²) in [6, 6.07) is 16.6. The molecule has 4 aromatic rings. The van der Waals surface area contributed by atoms with Gasteiger partial charge in [0, 0.05) is 33.1 Å². The number of halogens is 1. The lowest BCUT2D eigenvalue weighted by atomic mass is 9.84. The SMILES string of the molecule is COC(=O)NNc1ccc2ccccc2c1-c1c(C(C)(C)C)[nH]c2ccc(F)cc12. The van der Waals surface area contributed by atoms with Gasteiger partial charge in [0.1, 0.15) is 5.82 Å². The third-order valence-electron chi connectivity index (χ3n) is 5.17. The van der Waals surface area contributed by atoms with Crippen molar-refractivity contribution in [1.29, 1.82) is 0 Å². The maximum Gasteiger partial charge on any atom is 0.425 e. The van der Waals surface area contributed by atoms with Crippen molar-refractivity contribution in [3.05, 3.63) is 66.1 Å². The first-order valence-corrected chi connectivity index (χ1v) is 9.73. The predicted molar refractivity (Wildman–Crippen MR) is 119 cm³/mol. The van der Waals surface area contributed by atoms with E-state index in [2.05, 4.69) is 41.3 Å². The molecule has 0 aliphatic rings. The number of aromatic nitrogens is 1. The number of hydrazine groups is 1. The minimum absolute atomic E-state index is 0.227. The van der Waals surface area contributed by atoms with Crippen LogP contribution in [0.15, 0.2) is 54.6 Å². The van der Waals surface area contributed by atoms with Crippen LogP contribution >= 0.6 is 0 Å². The van der Waals surface area contributed by atoms with Gasteiger partial charge in [0.15, 0.2) is 0 Å². The number of amides is 1. The second kappa shape index (κ2) is 7.37. The molecule has 5 nitrogen and oxygen atoms in total. The standard InChI is InChI=1S/C24H24FN3O2/c1-24(2,3)22-21(17-13-15(25)10-12-18(17)26-22)20-16-8-6-5-7-14(16)9-11-19(20)27-28-23(29)30-4/h5-13,26-27H,1-4H3,(H,28,29). The van der Waals surface area contributed by atoms with Crippen molar-refractivity contribution in [3.63, 3.8) is 0 Å². The van der Waals surface area contributed by atoms with Crippen molar-refractivity contribution in [2.45, 2.75) is 26.2 Å². The summed E-state index contributed by atoms with van der Waals surface area (Å²) in [7, 11) is 1.30. The first-order chi connectivity index (χ1) is 14.3. The lowest BCUT2D eigenvalue weighted by Gasteiger charge is -2.22. The quantitative estimate of drug-likeness (QED) is 0.360. The lowest BCUT2D eigenvalue weighted by molar-refractivity contribution is 0.173. The van der Waals surface area contributed by atoms with Gasteiger partial charge in [0.2, 0.25) is 0 Å². The van der Waals surface area contributed by atoms with Crippen molar-refractivity contribution in [1.82, 2.24) is 10.4 Å². The average molecular weight is 405 g/mol. The van der Waals surface area contributed by atoms with E-state index in [1.807, 2.05) is 36.4 Å². The summed E-state index contributed by atoms with van der Waals surface area (Å²) in [6.45, 7) is 6.34. The Hall–Kier alpha value is -3.54. The molecule has 3 aromatic carbocycles. The lowest BCUT2D eigenvalue weighted by Crippen LogP contribution is -2.29. The Kier molecular flexibility index (Phi) is 4.86. The number of nitrogens with one attached hydrogen (secondary N) is 3. The van der Waals surface area contributed by atoms with Crippen LogP contribution in [0.3, 0.4) is 0 Å². The van der Waals surface area contributed by atoms with Crippen LogP contribution in [0.5, 0.6) is 0 Å². The zero-order chi connectivity index (χ0) is 21.5. The van der Waals surface area contributed by atoms with Crippen LogP contribution in [0.1, 0.15) is 26.5 Å². The second-order valence-corrected chi connectivity index (χ2v) is 8.27. The van der Waals surface area contributed by atoms with Crippen LogP contribution in [-0.4, -0.2) is 18.2 Å². The number of H-pyrrole nitrogens is 1. The molecular weight excluding hydrogens is 381 g/mol. The molecule has 154 valence electrons. The van der Waals surface area contributed by atoms with Gasteiger partial charge in [-0.1, -0.05) is 51.1 Å². The number of ether oxygens (including phenoxy) is 1. The highest BCUT2D eigenvalue weighted by Gasteiger charge is 2.26. The zero-order valence-corrected chi connectivity index (χ0v) is 17.4. The van der Waals surface area contributed by atoms with Gasteiger partial charge in [-0.3, -0.25) is 5.43 Å². The molecule has 6 heteroatoms. The first kappa shape index (κ1) is 19.8. The van der Waals surface area contributed by atoms with Gasteiger partial charge in [-0.2, -0.15) is 0 Å². The smallest absolute Gasteiger partial charge is 0.425 e. The highest BCUT2D eigenvalue weighted by molar-refractivity contribution is 6.11. The monoisotopic (exact) mass is 405 g/mol. The van der Waals surface area contributed by atoms with E-state index in [-0.39, 0.29) is 11.2 Å². The third kappa shape index (κ3) is 3.45. The summed E-state index contributed by atoms with van der Waals surface area (Å²) < 4.78 is 18.9. The number of hydrogen-bond donors (Lipinski definition) is 3. The van der Waals surface area contributed by atoms with Gasteiger partial charge >= 0.3 is 6.09 Å². The summed E-state index contributed by atoms with van der Waals surface area (Å²) in [5.41, 5.74) is 9.60. The van der Waals surface area contributed by atoms with Gasteiger partial charge in [-0.15, -0.1) is 0 Å². The summed E-state index contributed by atoms with van der Waals surface area (Å²) >= 11 is 0. The van der Waals surface area contributed by atoms with Gasteiger partial charge in [-0.25, -0.2) is 14.6 Å². The van der Waals surface area contributed by atoms with E-state index in [9.17, 15) is 9.18 Å². The molecule has 0 unspecified atom stereocenters. The highest BCUT2D eigenvalue weighted by Crippen LogP contribution is 2.44. The number of carbonyl (C=O) groups is 1. The summed E-state index contributed by atoms with van der Waals surface area (Å²) in [5.74, 6) is -0.300. The van der Waals surface area contributed by atoms with E-state index in [0.717, 1.165) is 38.5 Å². The van der Waals surface area contributed by atoms with E-state index in [4.69, 9.17) is 0 Å². The van der Waals surface area contributed by atoms with E-state index in [0.29, 0.717) is 5.69 Å². The van der Waals surface area contributed by atoms with Crippen molar-refractivity contribution in [2.24, 2.45) is 0 Å². The van der Waals surface area contributed by atoms with Crippen LogP contribution in [0.25, 0.3) is 32.8 Å². The Morgan fingerprint density at radius 1 is 1.00 bits per heavy atom. The molecule has 0 atom stereocenters. The topological polar surface area (TPSA) is 66.2 Å². The van der Waals surface area contributed by atoms with Crippen LogP contribution in [-0.2, 0) is 10.2 Å². The molecule has 1 aromatic heterocycles. The molecular formula is C24H24FN3O2. The van der Waals surface area contributed by atoms with Crippen LogP contribution in [0, 0.1) is 5.82 Å². The maximum atomic E-state index is 14.2. The molecule has 0 spiro atoms. The minimum atomic E-state index is -0.602. The van der Waals surface area contributed by atoms with Gasteiger partial charge < -0.3 is 9.72 Å². The maximum absolute atomic E-state index is 14.2.